The average molecular weight is 172 g/mol. The molecule has 0 spiro atoms. The van der Waals surface area contributed by atoms with Gasteiger partial charge < -0.3 is 14.6 Å². The minimum absolute atomic E-state index is 0.115. The smallest absolute Gasteiger partial charge is 0.168 e. The highest BCUT2D eigenvalue weighted by Crippen LogP contribution is 2.40. The lowest BCUT2D eigenvalue weighted by Crippen LogP contribution is -2.38. The fourth-order valence-electron chi connectivity index (χ4n) is 2.24. The lowest BCUT2D eigenvalue weighted by atomic mass is 9.99. The van der Waals surface area contributed by atoms with Crippen LogP contribution in [0, 0.1) is 0 Å². The second kappa shape index (κ2) is 2.69. The first-order valence-corrected chi connectivity index (χ1v) is 4.66. The van der Waals surface area contributed by atoms with E-state index in [-0.39, 0.29) is 18.3 Å². The van der Waals surface area contributed by atoms with E-state index in [0.29, 0.717) is 6.42 Å². The normalized spacial score (nSPS) is 52.8. The molecule has 2 aliphatic heterocycles. The molecule has 2 fully saturated rings. The Kier molecular flexibility index (Phi) is 1.90. The second-order valence-corrected chi connectivity index (χ2v) is 3.95. The van der Waals surface area contributed by atoms with Gasteiger partial charge in [-0.3, -0.25) is 0 Å². The number of fused-ring (bicyclic) bond motifs is 2. The van der Waals surface area contributed by atoms with Gasteiger partial charge in [-0.15, -0.1) is 0 Å². The van der Waals surface area contributed by atoms with Crippen molar-refractivity contribution < 1.29 is 14.6 Å². The molecule has 0 amide bonds. The maximum atomic E-state index is 9.51. The first-order valence-electron chi connectivity index (χ1n) is 4.66. The molecule has 3 heteroatoms. The predicted molar refractivity (Wildman–Crippen MR) is 43.7 cm³/mol. The van der Waals surface area contributed by atoms with Crippen LogP contribution in [0.25, 0.3) is 0 Å². The van der Waals surface area contributed by atoms with Gasteiger partial charge in [0, 0.05) is 12.8 Å². The van der Waals surface area contributed by atoms with Crippen LogP contribution in [0.3, 0.4) is 0 Å². The summed E-state index contributed by atoms with van der Waals surface area (Å²) < 4.78 is 11.4. The Morgan fingerprint density at radius 2 is 2.25 bits per heavy atom. The van der Waals surface area contributed by atoms with E-state index in [1.54, 1.807) is 0 Å². The monoisotopic (exact) mass is 172 g/mol. The molecule has 3 nitrogen and oxygen atoms in total. The predicted octanol–water partition coefficient (Wildman–Crippen LogP) is 1.05. The highest BCUT2D eigenvalue weighted by atomic mass is 16.8. The van der Waals surface area contributed by atoms with Gasteiger partial charge in [0.05, 0.1) is 18.3 Å². The zero-order chi connectivity index (χ0) is 8.77. The molecule has 70 valence electrons. The summed E-state index contributed by atoms with van der Waals surface area (Å²) in [6.45, 7) is 4.00. The molecule has 0 saturated carbocycles. The number of aliphatic hydroxyl groups excluding tert-OH is 1. The molecule has 12 heavy (non-hydrogen) atoms. The van der Waals surface area contributed by atoms with Crippen molar-refractivity contribution in [3.8, 4) is 0 Å². The molecule has 2 rings (SSSR count). The Labute approximate surface area is 72.7 Å². The van der Waals surface area contributed by atoms with Crippen LogP contribution in [0.2, 0.25) is 0 Å². The van der Waals surface area contributed by atoms with E-state index >= 15 is 0 Å². The number of hydrogen-bond donors (Lipinski definition) is 1. The molecule has 0 aromatic carbocycles. The third-order valence-corrected chi connectivity index (χ3v) is 2.73. The van der Waals surface area contributed by atoms with E-state index in [1.165, 1.54) is 0 Å². The van der Waals surface area contributed by atoms with E-state index in [2.05, 4.69) is 6.92 Å². The maximum absolute atomic E-state index is 9.51. The van der Waals surface area contributed by atoms with Gasteiger partial charge in [0.1, 0.15) is 0 Å². The highest BCUT2D eigenvalue weighted by Gasteiger charge is 2.49. The largest absolute Gasteiger partial charge is 0.393 e. The number of ether oxygens (including phenoxy) is 2. The quantitative estimate of drug-likeness (QED) is 0.642. The van der Waals surface area contributed by atoms with Crippen LogP contribution in [-0.4, -0.2) is 29.2 Å². The van der Waals surface area contributed by atoms with E-state index in [1.807, 2.05) is 6.92 Å². The van der Waals surface area contributed by atoms with Crippen LogP contribution in [0.1, 0.15) is 33.1 Å². The molecule has 2 saturated heterocycles. The Hall–Kier alpha value is -0.120. The fourth-order valence-corrected chi connectivity index (χ4v) is 2.24. The summed E-state index contributed by atoms with van der Waals surface area (Å²) in [5, 5.41) is 9.51. The van der Waals surface area contributed by atoms with Crippen LogP contribution in [0.4, 0.5) is 0 Å². The van der Waals surface area contributed by atoms with E-state index in [0.717, 1.165) is 12.8 Å². The van der Waals surface area contributed by atoms with Gasteiger partial charge in [-0.1, -0.05) is 6.92 Å². The van der Waals surface area contributed by atoms with Gasteiger partial charge in [0.2, 0.25) is 0 Å². The first-order chi connectivity index (χ1) is 5.63. The maximum Gasteiger partial charge on any atom is 0.168 e. The van der Waals surface area contributed by atoms with Gasteiger partial charge in [-0.05, 0) is 13.3 Å². The molecular formula is C9H16O3. The van der Waals surface area contributed by atoms with Crippen LogP contribution < -0.4 is 0 Å². The zero-order valence-electron chi connectivity index (χ0n) is 7.62. The van der Waals surface area contributed by atoms with E-state index in [4.69, 9.17) is 9.47 Å². The molecular weight excluding hydrogens is 156 g/mol. The molecule has 2 heterocycles. The van der Waals surface area contributed by atoms with Crippen molar-refractivity contribution in [2.75, 3.05) is 0 Å². The number of hydrogen-bond acceptors (Lipinski definition) is 3. The van der Waals surface area contributed by atoms with Crippen molar-refractivity contribution >= 4 is 0 Å². The number of aliphatic hydroxyl groups is 1. The molecule has 0 aromatic heterocycles. The third kappa shape index (κ3) is 1.26. The van der Waals surface area contributed by atoms with Crippen LogP contribution in [-0.2, 0) is 9.47 Å². The van der Waals surface area contributed by atoms with Gasteiger partial charge in [-0.2, -0.15) is 0 Å². The zero-order valence-corrected chi connectivity index (χ0v) is 7.62. The van der Waals surface area contributed by atoms with Crippen LogP contribution in [0.15, 0.2) is 0 Å². The van der Waals surface area contributed by atoms with E-state index in [9.17, 15) is 5.11 Å². The topological polar surface area (TPSA) is 38.7 Å². The minimum Gasteiger partial charge on any atom is -0.393 e. The van der Waals surface area contributed by atoms with Crippen molar-refractivity contribution in [3.63, 3.8) is 0 Å². The van der Waals surface area contributed by atoms with Gasteiger partial charge >= 0.3 is 0 Å². The summed E-state index contributed by atoms with van der Waals surface area (Å²) in [5.74, 6) is -0.511. The summed E-state index contributed by atoms with van der Waals surface area (Å²) in [6, 6.07) is 0. The van der Waals surface area contributed by atoms with Crippen LogP contribution >= 0.6 is 0 Å². The van der Waals surface area contributed by atoms with Crippen molar-refractivity contribution in [1.29, 1.82) is 0 Å². The molecule has 4 atom stereocenters. The summed E-state index contributed by atoms with van der Waals surface area (Å²) in [4.78, 5) is 0. The van der Waals surface area contributed by atoms with Crippen molar-refractivity contribution in [2.24, 2.45) is 0 Å². The average Bonchev–Trinajstić information content (AvgIpc) is 2.20. The molecule has 2 aliphatic rings. The highest BCUT2D eigenvalue weighted by molar-refractivity contribution is 4.91. The molecule has 2 bridgehead atoms. The molecule has 0 unspecified atom stereocenters. The lowest BCUT2D eigenvalue weighted by Gasteiger charge is -2.30. The SMILES string of the molecule is CC[C@@H]1O[C@@]2(C)C[C@@H](O)C[C@@H]1O2. The van der Waals surface area contributed by atoms with Crippen molar-refractivity contribution in [1.82, 2.24) is 0 Å². The second-order valence-electron chi connectivity index (χ2n) is 3.95. The van der Waals surface area contributed by atoms with Gasteiger partial charge in [0.25, 0.3) is 0 Å². The summed E-state index contributed by atoms with van der Waals surface area (Å²) in [5.41, 5.74) is 0. The Morgan fingerprint density at radius 1 is 1.50 bits per heavy atom. The van der Waals surface area contributed by atoms with Gasteiger partial charge in [-0.25, -0.2) is 0 Å². The van der Waals surface area contributed by atoms with Crippen LogP contribution in [0.5, 0.6) is 0 Å². The minimum atomic E-state index is -0.511. The molecule has 0 radical (unpaired) electrons. The Balaban J connectivity index is 2.12. The first kappa shape index (κ1) is 8.48. The lowest BCUT2D eigenvalue weighted by molar-refractivity contribution is -0.200. The van der Waals surface area contributed by atoms with Gasteiger partial charge in [0.15, 0.2) is 5.79 Å². The molecule has 0 aliphatic carbocycles. The third-order valence-electron chi connectivity index (χ3n) is 2.73. The Morgan fingerprint density at radius 3 is 2.92 bits per heavy atom. The molecule has 1 N–H and O–H groups in total. The standard InChI is InChI=1S/C9H16O3/c1-3-7-8-4-6(10)5-9(2,11-7)12-8/h6-8,10H,3-5H2,1-2H3/t6-,7-,8-,9+/m0/s1. The van der Waals surface area contributed by atoms with Crippen molar-refractivity contribution in [2.45, 2.75) is 57.2 Å². The fraction of sp³-hybridized carbons (Fsp3) is 1.00. The summed E-state index contributed by atoms with van der Waals surface area (Å²) >= 11 is 0. The molecule has 0 aromatic rings. The summed E-state index contributed by atoms with van der Waals surface area (Å²) in [6.07, 6.45) is 2.36. The van der Waals surface area contributed by atoms with Crippen molar-refractivity contribution in [3.05, 3.63) is 0 Å². The van der Waals surface area contributed by atoms with E-state index < -0.39 is 5.79 Å². The Bertz CT molecular complexity index is 183. The summed E-state index contributed by atoms with van der Waals surface area (Å²) in [7, 11) is 0. The number of rotatable bonds is 1.